The molecule has 29 heavy (non-hydrogen) atoms. The highest BCUT2D eigenvalue weighted by Crippen LogP contribution is 2.32. The number of likely N-dealkylation sites (tertiary alicyclic amines) is 1. The number of nitrogens with zero attached hydrogens (tertiary/aromatic N) is 2. The molecule has 3 heterocycles. The Morgan fingerprint density at radius 3 is 2.72 bits per heavy atom. The molecule has 0 spiro atoms. The smallest absolute Gasteiger partial charge is 0.263 e. The van der Waals surface area contributed by atoms with Gasteiger partial charge >= 0.3 is 0 Å². The fourth-order valence-corrected chi connectivity index (χ4v) is 4.86. The van der Waals surface area contributed by atoms with Crippen molar-refractivity contribution in [1.29, 1.82) is 0 Å². The Balaban J connectivity index is 1.40. The molecule has 4 rings (SSSR count). The fraction of sp³-hybridized carbons (Fsp3) is 0.381. The summed E-state index contributed by atoms with van der Waals surface area (Å²) in [5, 5.41) is 5.23. The molecule has 1 N–H and O–H groups in total. The molecule has 0 unspecified atom stereocenters. The SMILES string of the molecule is O=C(Nc1ccc(N2CCCC2=O)c(Cl)c1)[C@H]1CCCN(C(=O)c2cccs2)C1. The van der Waals surface area contributed by atoms with E-state index in [1.54, 1.807) is 28.0 Å². The molecule has 0 saturated carbocycles. The third-order valence-corrected chi connectivity index (χ3v) is 6.55. The summed E-state index contributed by atoms with van der Waals surface area (Å²) in [6.45, 7) is 1.75. The maximum atomic E-state index is 12.8. The summed E-state index contributed by atoms with van der Waals surface area (Å²) in [4.78, 5) is 41.4. The molecule has 2 saturated heterocycles. The molecule has 2 aliphatic heterocycles. The van der Waals surface area contributed by atoms with Gasteiger partial charge in [0.2, 0.25) is 11.8 Å². The average Bonchev–Trinajstić information content (AvgIpc) is 3.40. The topological polar surface area (TPSA) is 69.7 Å². The van der Waals surface area contributed by atoms with E-state index in [4.69, 9.17) is 11.6 Å². The van der Waals surface area contributed by atoms with Gasteiger partial charge < -0.3 is 15.1 Å². The van der Waals surface area contributed by atoms with E-state index >= 15 is 0 Å². The molecule has 0 radical (unpaired) electrons. The maximum Gasteiger partial charge on any atom is 0.263 e. The summed E-state index contributed by atoms with van der Waals surface area (Å²) in [6, 6.07) is 8.88. The number of carbonyl (C=O) groups is 3. The lowest BCUT2D eigenvalue weighted by atomic mass is 9.97. The second-order valence-corrected chi connectivity index (χ2v) is 8.73. The molecule has 0 bridgehead atoms. The van der Waals surface area contributed by atoms with Crippen LogP contribution in [0.15, 0.2) is 35.7 Å². The Kier molecular flexibility index (Phi) is 5.87. The molecule has 1 aromatic heterocycles. The standard InChI is InChI=1S/C21H22ClN3O3S/c22-16-12-15(7-8-17(16)25-10-2-6-19(25)26)23-20(27)14-4-1-9-24(13-14)21(28)18-5-3-11-29-18/h3,5,7-8,11-12,14H,1-2,4,6,9-10,13H2,(H,23,27)/t14-/m0/s1. The van der Waals surface area contributed by atoms with Crippen LogP contribution in [0.2, 0.25) is 5.02 Å². The highest BCUT2D eigenvalue weighted by Gasteiger charge is 2.29. The number of carbonyl (C=O) groups excluding carboxylic acids is 3. The average molecular weight is 432 g/mol. The van der Waals surface area contributed by atoms with Crippen molar-refractivity contribution in [1.82, 2.24) is 4.90 Å². The molecule has 2 aromatic rings. The minimum atomic E-state index is -0.258. The number of piperidine rings is 1. The van der Waals surface area contributed by atoms with Crippen molar-refractivity contribution in [3.8, 4) is 0 Å². The minimum Gasteiger partial charge on any atom is -0.337 e. The summed E-state index contributed by atoms with van der Waals surface area (Å²) < 4.78 is 0. The molecular formula is C21H22ClN3O3S. The Hall–Kier alpha value is -2.38. The normalized spacial score (nSPS) is 19.5. The predicted octanol–water partition coefficient (Wildman–Crippen LogP) is 4.02. The molecule has 2 fully saturated rings. The van der Waals surface area contributed by atoms with Crippen LogP contribution in [0.5, 0.6) is 0 Å². The van der Waals surface area contributed by atoms with Crippen molar-refractivity contribution in [2.75, 3.05) is 29.9 Å². The van der Waals surface area contributed by atoms with E-state index < -0.39 is 0 Å². The van der Waals surface area contributed by atoms with Crippen LogP contribution in [0.1, 0.15) is 35.4 Å². The monoisotopic (exact) mass is 431 g/mol. The number of halogens is 1. The zero-order chi connectivity index (χ0) is 20.4. The summed E-state index contributed by atoms with van der Waals surface area (Å²) in [7, 11) is 0. The van der Waals surface area contributed by atoms with Crippen molar-refractivity contribution in [2.45, 2.75) is 25.7 Å². The highest BCUT2D eigenvalue weighted by atomic mass is 35.5. The van der Waals surface area contributed by atoms with Gasteiger partial charge in [-0.3, -0.25) is 14.4 Å². The van der Waals surface area contributed by atoms with Crippen LogP contribution in [0.4, 0.5) is 11.4 Å². The summed E-state index contributed by atoms with van der Waals surface area (Å²) in [5.74, 6) is -0.317. The van der Waals surface area contributed by atoms with Gasteiger partial charge in [0.1, 0.15) is 0 Å². The Morgan fingerprint density at radius 2 is 2.03 bits per heavy atom. The molecule has 3 amide bonds. The number of anilines is 2. The summed E-state index contributed by atoms with van der Waals surface area (Å²) in [6.07, 6.45) is 2.91. The first kappa shape index (κ1) is 19.9. The molecule has 6 nitrogen and oxygen atoms in total. The number of hydrogen-bond acceptors (Lipinski definition) is 4. The second-order valence-electron chi connectivity index (χ2n) is 7.37. The van der Waals surface area contributed by atoms with Crippen LogP contribution in [0, 0.1) is 5.92 Å². The third kappa shape index (κ3) is 4.31. The lowest BCUT2D eigenvalue weighted by molar-refractivity contribution is -0.121. The Bertz CT molecular complexity index is 931. The van der Waals surface area contributed by atoms with Crippen molar-refractivity contribution in [2.24, 2.45) is 5.92 Å². The number of hydrogen-bond donors (Lipinski definition) is 1. The van der Waals surface area contributed by atoms with Crippen molar-refractivity contribution < 1.29 is 14.4 Å². The Morgan fingerprint density at radius 1 is 1.17 bits per heavy atom. The molecule has 8 heteroatoms. The molecule has 1 aromatic carbocycles. The quantitative estimate of drug-likeness (QED) is 0.794. The van der Waals surface area contributed by atoms with Gasteiger partial charge in [0.25, 0.3) is 5.91 Å². The Labute approximate surface area is 178 Å². The molecule has 0 aliphatic carbocycles. The second kappa shape index (κ2) is 8.55. The highest BCUT2D eigenvalue weighted by molar-refractivity contribution is 7.12. The zero-order valence-electron chi connectivity index (χ0n) is 15.9. The van der Waals surface area contributed by atoms with E-state index in [1.165, 1.54) is 11.3 Å². The van der Waals surface area contributed by atoms with E-state index in [-0.39, 0.29) is 23.6 Å². The molecule has 2 aliphatic rings. The number of amides is 3. The first-order chi connectivity index (χ1) is 14.0. The minimum absolute atomic E-state index is 0.0137. The number of benzene rings is 1. The van der Waals surface area contributed by atoms with Gasteiger partial charge in [0, 0.05) is 31.7 Å². The summed E-state index contributed by atoms with van der Waals surface area (Å²) in [5.41, 5.74) is 1.27. The first-order valence-corrected chi connectivity index (χ1v) is 11.0. The molecule has 1 atom stereocenters. The van der Waals surface area contributed by atoms with Crippen LogP contribution in [-0.2, 0) is 9.59 Å². The van der Waals surface area contributed by atoms with Gasteiger partial charge in [-0.05, 0) is 48.9 Å². The van der Waals surface area contributed by atoms with Crippen LogP contribution in [0.25, 0.3) is 0 Å². The van der Waals surface area contributed by atoms with E-state index in [9.17, 15) is 14.4 Å². The summed E-state index contributed by atoms with van der Waals surface area (Å²) >= 11 is 7.78. The van der Waals surface area contributed by atoms with E-state index in [0.29, 0.717) is 47.3 Å². The predicted molar refractivity (Wildman–Crippen MR) is 115 cm³/mol. The number of nitrogens with one attached hydrogen (secondary N) is 1. The van der Waals surface area contributed by atoms with Crippen LogP contribution in [-0.4, -0.2) is 42.3 Å². The van der Waals surface area contributed by atoms with E-state index in [1.807, 2.05) is 17.5 Å². The van der Waals surface area contributed by atoms with Gasteiger partial charge in [-0.1, -0.05) is 17.7 Å². The lowest BCUT2D eigenvalue weighted by Crippen LogP contribution is -2.43. The zero-order valence-corrected chi connectivity index (χ0v) is 17.5. The van der Waals surface area contributed by atoms with Crippen LogP contribution >= 0.6 is 22.9 Å². The van der Waals surface area contributed by atoms with Gasteiger partial charge in [-0.25, -0.2) is 0 Å². The lowest BCUT2D eigenvalue weighted by Gasteiger charge is -2.31. The van der Waals surface area contributed by atoms with Crippen molar-refractivity contribution in [3.05, 3.63) is 45.6 Å². The third-order valence-electron chi connectivity index (χ3n) is 5.39. The first-order valence-electron chi connectivity index (χ1n) is 9.76. The van der Waals surface area contributed by atoms with E-state index in [2.05, 4.69) is 5.32 Å². The van der Waals surface area contributed by atoms with Gasteiger partial charge in [0.05, 0.1) is 21.5 Å². The number of rotatable bonds is 4. The van der Waals surface area contributed by atoms with Crippen molar-refractivity contribution >= 4 is 52.0 Å². The molecular weight excluding hydrogens is 410 g/mol. The van der Waals surface area contributed by atoms with Crippen LogP contribution < -0.4 is 10.2 Å². The molecule has 152 valence electrons. The van der Waals surface area contributed by atoms with Gasteiger partial charge in [0.15, 0.2) is 0 Å². The fourth-order valence-electron chi connectivity index (χ4n) is 3.88. The van der Waals surface area contributed by atoms with Gasteiger partial charge in [-0.15, -0.1) is 11.3 Å². The maximum absolute atomic E-state index is 12.8. The largest absolute Gasteiger partial charge is 0.337 e. The van der Waals surface area contributed by atoms with Crippen molar-refractivity contribution in [3.63, 3.8) is 0 Å². The number of thiophene rings is 1. The van der Waals surface area contributed by atoms with Gasteiger partial charge in [-0.2, -0.15) is 0 Å². The van der Waals surface area contributed by atoms with Crippen LogP contribution in [0.3, 0.4) is 0 Å². The van der Waals surface area contributed by atoms with E-state index in [0.717, 1.165) is 19.3 Å².